The molecule has 0 aliphatic heterocycles. The van der Waals surface area contributed by atoms with Gasteiger partial charge in [0.1, 0.15) is 0 Å². The van der Waals surface area contributed by atoms with Gasteiger partial charge in [0, 0.05) is 30.9 Å². The Hall–Kier alpha value is -2.83. The number of anilines is 1. The normalized spacial score (nSPS) is 10.4. The number of hydrogen-bond acceptors (Lipinski definition) is 5. The van der Waals surface area contributed by atoms with Gasteiger partial charge >= 0.3 is 5.97 Å². The quantitative estimate of drug-likeness (QED) is 0.671. The molecule has 0 bridgehead atoms. The number of carbonyl (C=O) groups is 1. The molecule has 21 heavy (non-hydrogen) atoms. The number of rotatable bonds is 5. The van der Waals surface area contributed by atoms with Crippen LogP contribution in [0.2, 0.25) is 0 Å². The molecule has 110 valence electrons. The molecule has 0 spiro atoms. The summed E-state index contributed by atoms with van der Waals surface area (Å²) in [5.41, 5.74) is 1.50. The Morgan fingerprint density at radius 3 is 2.71 bits per heavy atom. The summed E-state index contributed by atoms with van der Waals surface area (Å²) in [7, 11) is 1.74. The second-order valence-electron chi connectivity index (χ2n) is 4.69. The molecule has 0 saturated carbocycles. The van der Waals surface area contributed by atoms with Gasteiger partial charge in [0.25, 0.3) is 5.69 Å². The fourth-order valence-corrected chi connectivity index (χ4v) is 2.14. The van der Waals surface area contributed by atoms with Gasteiger partial charge in [-0.1, -0.05) is 0 Å². The van der Waals surface area contributed by atoms with Gasteiger partial charge in [-0.2, -0.15) is 0 Å². The fourth-order valence-electron chi connectivity index (χ4n) is 2.14. The third kappa shape index (κ3) is 3.02. The molecule has 0 atom stereocenters. The van der Waals surface area contributed by atoms with Crippen LogP contribution in [0.1, 0.15) is 21.5 Å². The summed E-state index contributed by atoms with van der Waals surface area (Å²) in [5, 5.41) is 20.2. The Balaban J connectivity index is 2.45. The van der Waals surface area contributed by atoms with E-state index in [9.17, 15) is 14.9 Å². The van der Waals surface area contributed by atoms with Crippen molar-refractivity contribution in [3.63, 3.8) is 0 Å². The lowest BCUT2D eigenvalue weighted by atomic mass is 10.1. The van der Waals surface area contributed by atoms with Crippen molar-refractivity contribution >= 4 is 17.3 Å². The number of nitro benzene ring substituents is 1. The second kappa shape index (κ2) is 5.66. The Kier molecular flexibility index (Phi) is 3.93. The summed E-state index contributed by atoms with van der Waals surface area (Å²) in [4.78, 5) is 23.4. The van der Waals surface area contributed by atoms with Crippen LogP contribution in [0, 0.1) is 17.0 Å². The van der Waals surface area contributed by atoms with E-state index >= 15 is 0 Å². The van der Waals surface area contributed by atoms with Crippen molar-refractivity contribution < 1.29 is 19.2 Å². The molecule has 0 amide bonds. The molecule has 2 aromatic rings. The topological polar surface area (TPSA) is 96.8 Å². The lowest BCUT2D eigenvalue weighted by Crippen LogP contribution is -2.18. The van der Waals surface area contributed by atoms with Crippen LogP contribution in [0.5, 0.6) is 0 Å². The van der Waals surface area contributed by atoms with Gasteiger partial charge in [-0.05, 0) is 19.1 Å². The number of nitro groups is 1. The number of carboxylic acids is 1. The number of aromatic carboxylic acids is 1. The number of furan rings is 1. The van der Waals surface area contributed by atoms with Crippen LogP contribution in [-0.4, -0.2) is 23.0 Å². The smallest absolute Gasteiger partial charge is 0.336 e. The molecule has 0 aliphatic carbocycles. The third-order valence-corrected chi connectivity index (χ3v) is 3.21. The van der Waals surface area contributed by atoms with Gasteiger partial charge < -0.3 is 14.4 Å². The maximum atomic E-state index is 11.1. The highest BCUT2D eigenvalue weighted by atomic mass is 16.6. The predicted octanol–water partition coefficient (Wildman–Crippen LogP) is 2.83. The Morgan fingerprint density at radius 1 is 1.48 bits per heavy atom. The van der Waals surface area contributed by atoms with Gasteiger partial charge in [0.2, 0.25) is 0 Å². The molecule has 7 nitrogen and oxygen atoms in total. The van der Waals surface area contributed by atoms with E-state index in [1.165, 1.54) is 12.3 Å². The van der Waals surface area contributed by atoms with Gasteiger partial charge in [-0.15, -0.1) is 0 Å². The van der Waals surface area contributed by atoms with Crippen molar-refractivity contribution in [1.29, 1.82) is 0 Å². The van der Waals surface area contributed by atoms with E-state index in [-0.39, 0.29) is 11.3 Å². The molecule has 0 fully saturated rings. The minimum Gasteiger partial charge on any atom is -0.478 e. The first-order valence-electron chi connectivity index (χ1n) is 6.14. The zero-order valence-electron chi connectivity index (χ0n) is 11.6. The molecule has 1 aromatic heterocycles. The average molecular weight is 290 g/mol. The largest absolute Gasteiger partial charge is 0.478 e. The summed E-state index contributed by atoms with van der Waals surface area (Å²) in [6.07, 6.45) is 3.10. The maximum Gasteiger partial charge on any atom is 0.336 e. The van der Waals surface area contributed by atoms with Crippen molar-refractivity contribution in [2.45, 2.75) is 13.5 Å². The average Bonchev–Trinajstić information content (AvgIpc) is 2.90. The van der Waals surface area contributed by atoms with Crippen molar-refractivity contribution in [2.24, 2.45) is 0 Å². The molecule has 0 radical (unpaired) electrons. The second-order valence-corrected chi connectivity index (χ2v) is 4.69. The van der Waals surface area contributed by atoms with Crippen LogP contribution in [0.15, 0.2) is 35.1 Å². The number of hydrogen-bond donors (Lipinski definition) is 1. The highest BCUT2D eigenvalue weighted by molar-refractivity contribution is 5.90. The van der Waals surface area contributed by atoms with Crippen LogP contribution in [0.4, 0.5) is 11.4 Å². The Bertz CT molecular complexity index is 679. The van der Waals surface area contributed by atoms with Crippen molar-refractivity contribution in [2.75, 3.05) is 11.9 Å². The summed E-state index contributed by atoms with van der Waals surface area (Å²) in [6.45, 7) is 2.06. The lowest BCUT2D eigenvalue weighted by Gasteiger charge is -2.21. The van der Waals surface area contributed by atoms with Crippen molar-refractivity contribution in [1.82, 2.24) is 0 Å². The van der Waals surface area contributed by atoms with E-state index in [0.29, 0.717) is 17.8 Å². The van der Waals surface area contributed by atoms with E-state index < -0.39 is 10.9 Å². The van der Waals surface area contributed by atoms with Crippen LogP contribution in [0.25, 0.3) is 0 Å². The first-order chi connectivity index (χ1) is 9.90. The highest BCUT2D eigenvalue weighted by Gasteiger charge is 2.21. The molecule has 1 aromatic carbocycles. The monoisotopic (exact) mass is 290 g/mol. The van der Waals surface area contributed by atoms with E-state index in [0.717, 1.165) is 11.6 Å². The Morgan fingerprint density at radius 2 is 2.19 bits per heavy atom. The van der Waals surface area contributed by atoms with Crippen LogP contribution >= 0.6 is 0 Å². The molecule has 7 heteroatoms. The number of carboxylic acid groups (broad SMARTS) is 1. The predicted molar refractivity (Wildman–Crippen MR) is 75.6 cm³/mol. The Labute approximate surface area is 120 Å². The van der Waals surface area contributed by atoms with E-state index in [4.69, 9.17) is 9.52 Å². The molecule has 1 N–H and O–H groups in total. The molecular formula is C14H14N2O5. The highest BCUT2D eigenvalue weighted by Crippen LogP contribution is 2.30. The SMILES string of the molecule is Cc1c(N(C)Cc2ccoc2)cc(C(=O)O)cc1[N+](=O)[O-]. The molecule has 0 saturated heterocycles. The minimum absolute atomic E-state index is 0.110. The lowest BCUT2D eigenvalue weighted by molar-refractivity contribution is -0.385. The number of nitrogens with zero attached hydrogens (tertiary/aromatic N) is 2. The van der Waals surface area contributed by atoms with Crippen molar-refractivity contribution in [3.05, 3.63) is 57.5 Å². The van der Waals surface area contributed by atoms with E-state index in [1.54, 1.807) is 31.2 Å². The van der Waals surface area contributed by atoms with Gasteiger partial charge in [0.15, 0.2) is 0 Å². The zero-order valence-corrected chi connectivity index (χ0v) is 11.6. The molecule has 0 unspecified atom stereocenters. The van der Waals surface area contributed by atoms with Crippen molar-refractivity contribution in [3.8, 4) is 0 Å². The maximum absolute atomic E-state index is 11.1. The van der Waals surface area contributed by atoms with Crippen LogP contribution in [-0.2, 0) is 6.54 Å². The minimum atomic E-state index is -1.20. The standard InChI is InChI=1S/C14H14N2O5/c1-9-12(15(2)7-10-3-4-21-8-10)5-11(14(17)18)6-13(9)16(19)20/h3-6,8H,7H2,1-2H3,(H,17,18). The first-order valence-corrected chi connectivity index (χ1v) is 6.14. The van der Waals surface area contributed by atoms with Gasteiger partial charge in [0.05, 0.1) is 28.6 Å². The first kappa shape index (κ1) is 14.6. The molecule has 1 heterocycles. The number of benzene rings is 1. The van der Waals surface area contributed by atoms with Gasteiger partial charge in [-0.3, -0.25) is 10.1 Å². The van der Waals surface area contributed by atoms with Crippen LogP contribution < -0.4 is 4.90 Å². The summed E-state index contributed by atoms with van der Waals surface area (Å²) >= 11 is 0. The fraction of sp³-hybridized carbons (Fsp3) is 0.214. The van der Waals surface area contributed by atoms with Crippen LogP contribution in [0.3, 0.4) is 0 Å². The van der Waals surface area contributed by atoms with E-state index in [2.05, 4.69) is 0 Å². The molecule has 2 rings (SSSR count). The molecule has 0 aliphatic rings. The summed E-state index contributed by atoms with van der Waals surface area (Å²) < 4.78 is 4.98. The summed E-state index contributed by atoms with van der Waals surface area (Å²) in [5.74, 6) is -1.20. The molecular weight excluding hydrogens is 276 g/mol. The zero-order chi connectivity index (χ0) is 15.6. The van der Waals surface area contributed by atoms with E-state index in [1.807, 2.05) is 0 Å². The van der Waals surface area contributed by atoms with Gasteiger partial charge in [-0.25, -0.2) is 4.79 Å². The third-order valence-electron chi connectivity index (χ3n) is 3.21. The summed E-state index contributed by atoms with van der Waals surface area (Å²) in [6, 6.07) is 4.29.